The van der Waals surface area contributed by atoms with Crippen LogP contribution in [0.1, 0.15) is 12.8 Å². The second-order valence-electron chi connectivity index (χ2n) is 2.53. The van der Waals surface area contributed by atoms with Gasteiger partial charge in [0.1, 0.15) is 6.42 Å². The largest absolute Gasteiger partial charge is 0.397 e. The highest BCUT2D eigenvalue weighted by atomic mass is 19.4. The van der Waals surface area contributed by atoms with Gasteiger partial charge < -0.3 is 4.90 Å². The molecule has 2 nitrogen and oxygen atoms in total. The van der Waals surface area contributed by atoms with Gasteiger partial charge in [-0.15, -0.1) is 0 Å². The molecule has 0 spiro atoms. The molecule has 1 fully saturated rings. The van der Waals surface area contributed by atoms with E-state index in [0.29, 0.717) is 13.1 Å². The van der Waals surface area contributed by atoms with Gasteiger partial charge in [-0.2, -0.15) is 13.2 Å². The number of rotatable bonds is 1. The van der Waals surface area contributed by atoms with Crippen LogP contribution in [0.4, 0.5) is 13.2 Å². The summed E-state index contributed by atoms with van der Waals surface area (Å²) in [5.74, 6) is -0.802. The average molecular weight is 167 g/mol. The van der Waals surface area contributed by atoms with Crippen molar-refractivity contribution in [2.75, 3.05) is 13.1 Å². The Labute approximate surface area is 62.0 Å². The molecule has 1 aliphatic rings. The Morgan fingerprint density at radius 2 is 1.91 bits per heavy atom. The van der Waals surface area contributed by atoms with Crippen LogP contribution in [0.3, 0.4) is 0 Å². The molecule has 0 saturated carbocycles. The Balaban J connectivity index is 2.31. The highest BCUT2D eigenvalue weighted by Crippen LogP contribution is 2.22. The van der Waals surface area contributed by atoms with Crippen molar-refractivity contribution in [1.29, 1.82) is 0 Å². The topological polar surface area (TPSA) is 20.3 Å². The monoisotopic (exact) mass is 167 g/mol. The van der Waals surface area contributed by atoms with Crippen LogP contribution in [0.25, 0.3) is 0 Å². The van der Waals surface area contributed by atoms with Crippen LogP contribution in [-0.2, 0) is 4.79 Å². The highest BCUT2D eigenvalue weighted by molar-refractivity contribution is 5.77. The Morgan fingerprint density at radius 3 is 2.18 bits per heavy atom. The first-order chi connectivity index (χ1) is 4.99. The molecule has 1 heterocycles. The van der Waals surface area contributed by atoms with Crippen LogP contribution in [-0.4, -0.2) is 30.1 Å². The molecule has 0 aromatic rings. The quantitative estimate of drug-likeness (QED) is 0.574. The Bertz CT molecular complexity index is 162. The fourth-order valence-electron chi connectivity index (χ4n) is 0.849. The summed E-state index contributed by atoms with van der Waals surface area (Å²) in [7, 11) is 0. The van der Waals surface area contributed by atoms with E-state index in [4.69, 9.17) is 0 Å². The fourth-order valence-corrected chi connectivity index (χ4v) is 0.849. The van der Waals surface area contributed by atoms with E-state index in [1.165, 1.54) is 4.90 Å². The number of halogens is 3. The minimum atomic E-state index is -4.35. The van der Waals surface area contributed by atoms with E-state index in [1.54, 1.807) is 0 Å². The summed E-state index contributed by atoms with van der Waals surface area (Å²) in [5.41, 5.74) is 0. The zero-order valence-corrected chi connectivity index (χ0v) is 5.82. The Hall–Kier alpha value is -0.740. The number of likely N-dealkylation sites (tertiary alicyclic amines) is 1. The van der Waals surface area contributed by atoms with Gasteiger partial charge in [0.2, 0.25) is 5.91 Å². The molecule has 0 aromatic heterocycles. The van der Waals surface area contributed by atoms with E-state index < -0.39 is 18.5 Å². The van der Waals surface area contributed by atoms with E-state index >= 15 is 0 Å². The van der Waals surface area contributed by atoms with Crippen molar-refractivity contribution < 1.29 is 18.0 Å². The molecule has 0 N–H and O–H groups in total. The minimum Gasteiger partial charge on any atom is -0.342 e. The molecule has 1 amide bonds. The number of carbonyl (C=O) groups excluding carboxylic acids is 1. The number of hydrogen-bond acceptors (Lipinski definition) is 1. The standard InChI is InChI=1S/C6H8F3NO/c7-6(8,9)4-5(11)10-2-1-3-10/h1-4H2. The van der Waals surface area contributed by atoms with Crippen LogP contribution in [0.2, 0.25) is 0 Å². The molecule has 1 rings (SSSR count). The molecule has 64 valence electrons. The molecule has 0 unspecified atom stereocenters. The van der Waals surface area contributed by atoms with Crippen molar-refractivity contribution in [3.05, 3.63) is 0 Å². The zero-order chi connectivity index (χ0) is 8.48. The van der Waals surface area contributed by atoms with Gasteiger partial charge in [-0.05, 0) is 6.42 Å². The molecule has 0 radical (unpaired) electrons. The van der Waals surface area contributed by atoms with Crippen molar-refractivity contribution in [2.24, 2.45) is 0 Å². The molecular formula is C6H8F3NO. The molecule has 11 heavy (non-hydrogen) atoms. The third-order valence-electron chi connectivity index (χ3n) is 1.56. The predicted molar refractivity (Wildman–Crippen MR) is 31.9 cm³/mol. The summed E-state index contributed by atoms with van der Waals surface area (Å²) in [4.78, 5) is 11.9. The van der Waals surface area contributed by atoms with Gasteiger partial charge in [0.25, 0.3) is 0 Å². The van der Waals surface area contributed by atoms with Crippen molar-refractivity contribution in [1.82, 2.24) is 4.90 Å². The summed E-state index contributed by atoms with van der Waals surface area (Å²) in [6.45, 7) is 0.962. The van der Waals surface area contributed by atoms with Crippen molar-refractivity contribution >= 4 is 5.91 Å². The minimum absolute atomic E-state index is 0.481. The third-order valence-corrected chi connectivity index (χ3v) is 1.56. The first-order valence-electron chi connectivity index (χ1n) is 3.33. The van der Waals surface area contributed by atoms with Crippen LogP contribution in [0, 0.1) is 0 Å². The lowest BCUT2D eigenvalue weighted by Crippen LogP contribution is -2.43. The average Bonchev–Trinajstić information content (AvgIpc) is 1.50. The normalized spacial score (nSPS) is 17.9. The van der Waals surface area contributed by atoms with Crippen LogP contribution >= 0.6 is 0 Å². The van der Waals surface area contributed by atoms with Crippen LogP contribution in [0.15, 0.2) is 0 Å². The maximum atomic E-state index is 11.6. The van der Waals surface area contributed by atoms with E-state index in [1.807, 2.05) is 0 Å². The summed E-state index contributed by atoms with van der Waals surface area (Å²) >= 11 is 0. The van der Waals surface area contributed by atoms with E-state index in [2.05, 4.69) is 0 Å². The first kappa shape index (κ1) is 8.36. The molecular weight excluding hydrogens is 159 g/mol. The molecule has 5 heteroatoms. The SMILES string of the molecule is O=C(CC(F)(F)F)N1CCC1. The first-order valence-corrected chi connectivity index (χ1v) is 3.33. The van der Waals surface area contributed by atoms with Gasteiger partial charge in [-0.3, -0.25) is 4.79 Å². The Kier molecular flexibility index (Phi) is 2.06. The maximum absolute atomic E-state index is 11.6. The number of carbonyl (C=O) groups is 1. The number of amides is 1. The van der Waals surface area contributed by atoms with Crippen LogP contribution < -0.4 is 0 Å². The van der Waals surface area contributed by atoms with Crippen molar-refractivity contribution in [3.63, 3.8) is 0 Å². The van der Waals surface area contributed by atoms with Crippen LogP contribution in [0.5, 0.6) is 0 Å². The Morgan fingerprint density at radius 1 is 1.36 bits per heavy atom. The molecule has 1 saturated heterocycles. The predicted octanol–water partition coefficient (Wildman–Crippen LogP) is 1.17. The molecule has 0 bridgehead atoms. The van der Waals surface area contributed by atoms with Crippen molar-refractivity contribution in [3.8, 4) is 0 Å². The summed E-state index contributed by atoms with van der Waals surface area (Å²) in [5, 5.41) is 0. The smallest absolute Gasteiger partial charge is 0.342 e. The molecule has 0 aromatic carbocycles. The number of alkyl halides is 3. The second-order valence-corrected chi connectivity index (χ2v) is 2.53. The van der Waals surface area contributed by atoms with Gasteiger partial charge in [0, 0.05) is 13.1 Å². The lowest BCUT2D eigenvalue weighted by Gasteiger charge is -2.31. The van der Waals surface area contributed by atoms with E-state index in [9.17, 15) is 18.0 Å². The van der Waals surface area contributed by atoms with Gasteiger partial charge >= 0.3 is 6.18 Å². The molecule has 1 aliphatic heterocycles. The highest BCUT2D eigenvalue weighted by Gasteiger charge is 2.34. The summed E-state index contributed by atoms with van der Waals surface area (Å²) in [6, 6.07) is 0. The molecule has 0 aliphatic carbocycles. The second kappa shape index (κ2) is 2.71. The lowest BCUT2D eigenvalue weighted by molar-refractivity contribution is -0.163. The van der Waals surface area contributed by atoms with E-state index in [0.717, 1.165) is 6.42 Å². The third kappa shape index (κ3) is 2.40. The lowest BCUT2D eigenvalue weighted by atomic mass is 10.2. The van der Waals surface area contributed by atoms with Gasteiger partial charge in [-0.25, -0.2) is 0 Å². The maximum Gasteiger partial charge on any atom is 0.397 e. The number of hydrogen-bond donors (Lipinski definition) is 0. The van der Waals surface area contributed by atoms with Gasteiger partial charge in [0.05, 0.1) is 0 Å². The van der Waals surface area contributed by atoms with Gasteiger partial charge in [0.15, 0.2) is 0 Å². The number of nitrogens with zero attached hydrogens (tertiary/aromatic N) is 1. The van der Waals surface area contributed by atoms with E-state index in [-0.39, 0.29) is 0 Å². The van der Waals surface area contributed by atoms with Gasteiger partial charge in [-0.1, -0.05) is 0 Å². The molecule has 0 atom stereocenters. The fraction of sp³-hybridized carbons (Fsp3) is 0.833. The summed E-state index contributed by atoms with van der Waals surface area (Å²) in [6.07, 6.45) is -4.84. The zero-order valence-electron chi connectivity index (χ0n) is 5.82. The van der Waals surface area contributed by atoms with Crippen molar-refractivity contribution in [2.45, 2.75) is 19.0 Å². The summed E-state index contributed by atoms with van der Waals surface area (Å²) < 4.78 is 34.7.